The fourth-order valence-corrected chi connectivity index (χ4v) is 4.12. The minimum Gasteiger partial charge on any atom is -0.494 e. The third-order valence-electron chi connectivity index (χ3n) is 3.84. The van der Waals surface area contributed by atoms with E-state index in [0.29, 0.717) is 6.04 Å². The average molecular weight is 311 g/mol. The van der Waals surface area contributed by atoms with Crippen molar-refractivity contribution in [2.75, 3.05) is 18.6 Å². The van der Waals surface area contributed by atoms with Crippen molar-refractivity contribution in [1.82, 2.24) is 9.55 Å². The molecule has 1 aromatic heterocycles. The number of rotatable bonds is 3. The first-order chi connectivity index (χ1) is 9.72. The van der Waals surface area contributed by atoms with Crippen LogP contribution in [0.4, 0.5) is 0 Å². The van der Waals surface area contributed by atoms with E-state index in [1.807, 2.05) is 30.8 Å². The van der Waals surface area contributed by atoms with Gasteiger partial charge >= 0.3 is 0 Å². The molecule has 0 radical (unpaired) electrons. The van der Waals surface area contributed by atoms with Crippen LogP contribution in [-0.4, -0.2) is 28.2 Å². The highest BCUT2D eigenvalue weighted by Crippen LogP contribution is 2.36. The molecule has 5 heteroatoms. The molecule has 1 saturated heterocycles. The number of para-hydroxylation sites is 1. The summed E-state index contributed by atoms with van der Waals surface area (Å²) in [6, 6.07) is 6.61. The van der Waals surface area contributed by atoms with Gasteiger partial charge in [0.05, 0.1) is 18.0 Å². The molecule has 1 aliphatic heterocycles. The molecule has 1 fully saturated rings. The van der Waals surface area contributed by atoms with Gasteiger partial charge in [0, 0.05) is 6.04 Å². The number of alkyl halides is 1. The Bertz CT molecular complexity index is 605. The lowest BCUT2D eigenvalue weighted by Crippen LogP contribution is -2.17. The standard InChI is InChI=1S/C15H19ClN2OS/c1-10(16)15-17-14-12(4-3-5-13(14)19-2)18(15)11-6-8-20-9-7-11/h3-5,10-11H,6-9H2,1-2H3. The first kappa shape index (κ1) is 14.1. The van der Waals surface area contributed by atoms with Crippen LogP contribution in [0.5, 0.6) is 5.75 Å². The zero-order chi connectivity index (χ0) is 14.1. The van der Waals surface area contributed by atoms with Gasteiger partial charge in [0.25, 0.3) is 0 Å². The lowest BCUT2D eigenvalue weighted by atomic mass is 10.1. The minimum atomic E-state index is -0.0957. The average Bonchev–Trinajstić information content (AvgIpc) is 2.87. The fourth-order valence-electron chi connectivity index (χ4n) is 2.88. The summed E-state index contributed by atoms with van der Waals surface area (Å²) in [7, 11) is 1.69. The van der Waals surface area contributed by atoms with Gasteiger partial charge in [-0.05, 0) is 43.4 Å². The molecular formula is C15H19ClN2OS. The summed E-state index contributed by atoms with van der Waals surface area (Å²) < 4.78 is 7.78. The first-order valence-corrected chi connectivity index (χ1v) is 8.58. The van der Waals surface area contributed by atoms with E-state index in [4.69, 9.17) is 21.3 Å². The lowest BCUT2D eigenvalue weighted by molar-refractivity contribution is 0.419. The number of benzene rings is 1. The SMILES string of the molecule is COc1cccc2c1nc(C(C)Cl)n2C1CCSCC1. The number of nitrogens with zero attached hydrogens (tertiary/aromatic N) is 2. The predicted molar refractivity (Wildman–Crippen MR) is 86.1 cm³/mol. The molecule has 0 aliphatic carbocycles. The van der Waals surface area contributed by atoms with E-state index in [9.17, 15) is 0 Å². The molecule has 0 spiro atoms. The number of thioether (sulfide) groups is 1. The molecular weight excluding hydrogens is 292 g/mol. The Morgan fingerprint density at radius 1 is 1.40 bits per heavy atom. The molecule has 108 valence electrons. The number of methoxy groups -OCH3 is 1. The molecule has 0 bridgehead atoms. The van der Waals surface area contributed by atoms with Gasteiger partial charge in [-0.25, -0.2) is 4.98 Å². The second-order valence-electron chi connectivity index (χ2n) is 5.13. The Morgan fingerprint density at radius 2 is 2.15 bits per heavy atom. The van der Waals surface area contributed by atoms with E-state index < -0.39 is 0 Å². The molecule has 2 aromatic rings. The Hall–Kier alpha value is -0.870. The van der Waals surface area contributed by atoms with Gasteiger partial charge in [0.15, 0.2) is 0 Å². The summed E-state index contributed by atoms with van der Waals surface area (Å²) in [4.78, 5) is 4.76. The van der Waals surface area contributed by atoms with Crippen LogP contribution >= 0.6 is 23.4 Å². The van der Waals surface area contributed by atoms with Gasteiger partial charge in [0.1, 0.15) is 17.1 Å². The summed E-state index contributed by atoms with van der Waals surface area (Å²) in [6.45, 7) is 1.99. The lowest BCUT2D eigenvalue weighted by Gasteiger charge is -2.26. The molecule has 1 aromatic carbocycles. The molecule has 0 N–H and O–H groups in total. The molecule has 1 unspecified atom stereocenters. The topological polar surface area (TPSA) is 27.1 Å². The fraction of sp³-hybridized carbons (Fsp3) is 0.533. The van der Waals surface area contributed by atoms with Crippen LogP contribution in [0.25, 0.3) is 11.0 Å². The normalized spacial score (nSPS) is 18.4. The van der Waals surface area contributed by atoms with Gasteiger partial charge < -0.3 is 9.30 Å². The molecule has 1 atom stereocenters. The van der Waals surface area contributed by atoms with Crippen molar-refractivity contribution in [3.05, 3.63) is 24.0 Å². The van der Waals surface area contributed by atoms with Crippen molar-refractivity contribution < 1.29 is 4.74 Å². The van der Waals surface area contributed by atoms with Crippen LogP contribution in [0, 0.1) is 0 Å². The molecule has 2 heterocycles. The Balaban J connectivity index is 2.18. The quantitative estimate of drug-likeness (QED) is 0.786. The van der Waals surface area contributed by atoms with E-state index in [0.717, 1.165) is 22.6 Å². The van der Waals surface area contributed by atoms with Crippen molar-refractivity contribution in [2.45, 2.75) is 31.2 Å². The molecule has 3 nitrogen and oxygen atoms in total. The number of fused-ring (bicyclic) bond motifs is 1. The van der Waals surface area contributed by atoms with Crippen LogP contribution in [-0.2, 0) is 0 Å². The number of imidazole rings is 1. The number of aromatic nitrogens is 2. The predicted octanol–water partition coefficient (Wildman–Crippen LogP) is 4.41. The van der Waals surface area contributed by atoms with Crippen LogP contribution < -0.4 is 4.74 Å². The Labute approximate surface area is 128 Å². The summed E-state index contributed by atoms with van der Waals surface area (Å²) in [5.41, 5.74) is 2.07. The van der Waals surface area contributed by atoms with E-state index in [1.165, 1.54) is 24.3 Å². The Morgan fingerprint density at radius 3 is 2.80 bits per heavy atom. The van der Waals surface area contributed by atoms with Gasteiger partial charge in [0.2, 0.25) is 0 Å². The van der Waals surface area contributed by atoms with Crippen molar-refractivity contribution in [2.24, 2.45) is 0 Å². The van der Waals surface area contributed by atoms with E-state index in [1.54, 1.807) is 7.11 Å². The summed E-state index contributed by atoms with van der Waals surface area (Å²) in [5.74, 6) is 4.21. The zero-order valence-corrected chi connectivity index (χ0v) is 13.4. The monoisotopic (exact) mass is 310 g/mol. The van der Waals surface area contributed by atoms with Crippen molar-refractivity contribution in [3.63, 3.8) is 0 Å². The van der Waals surface area contributed by atoms with E-state index in [2.05, 4.69) is 10.6 Å². The summed E-state index contributed by atoms with van der Waals surface area (Å²) >= 11 is 8.40. The van der Waals surface area contributed by atoms with Crippen LogP contribution in [0.1, 0.15) is 37.0 Å². The molecule has 0 amide bonds. The van der Waals surface area contributed by atoms with Crippen LogP contribution in [0.2, 0.25) is 0 Å². The van der Waals surface area contributed by atoms with Crippen LogP contribution in [0.3, 0.4) is 0 Å². The maximum Gasteiger partial charge on any atom is 0.146 e. The van der Waals surface area contributed by atoms with Crippen LogP contribution in [0.15, 0.2) is 18.2 Å². The molecule has 3 rings (SSSR count). The highest BCUT2D eigenvalue weighted by atomic mass is 35.5. The number of hydrogen-bond donors (Lipinski definition) is 0. The van der Waals surface area contributed by atoms with E-state index >= 15 is 0 Å². The van der Waals surface area contributed by atoms with Crippen molar-refractivity contribution in [3.8, 4) is 5.75 Å². The summed E-state index contributed by atoms with van der Waals surface area (Å²) in [5, 5.41) is -0.0957. The third kappa shape index (κ3) is 2.40. The van der Waals surface area contributed by atoms with Gasteiger partial charge in [-0.3, -0.25) is 0 Å². The number of halogens is 1. The third-order valence-corrected chi connectivity index (χ3v) is 5.09. The smallest absolute Gasteiger partial charge is 0.146 e. The largest absolute Gasteiger partial charge is 0.494 e. The molecule has 1 aliphatic rings. The Kier molecular flexibility index (Phi) is 4.13. The second-order valence-corrected chi connectivity index (χ2v) is 7.01. The molecule has 0 saturated carbocycles. The summed E-state index contributed by atoms with van der Waals surface area (Å²) in [6.07, 6.45) is 2.37. The second kappa shape index (κ2) is 5.86. The van der Waals surface area contributed by atoms with Gasteiger partial charge in [-0.15, -0.1) is 11.6 Å². The van der Waals surface area contributed by atoms with Gasteiger partial charge in [-0.1, -0.05) is 6.07 Å². The van der Waals surface area contributed by atoms with Crippen molar-refractivity contribution in [1.29, 1.82) is 0 Å². The minimum absolute atomic E-state index is 0.0957. The molecule has 20 heavy (non-hydrogen) atoms. The number of hydrogen-bond acceptors (Lipinski definition) is 3. The number of ether oxygens (including phenoxy) is 1. The maximum absolute atomic E-state index is 6.37. The van der Waals surface area contributed by atoms with E-state index in [-0.39, 0.29) is 5.38 Å². The zero-order valence-electron chi connectivity index (χ0n) is 11.8. The van der Waals surface area contributed by atoms with Gasteiger partial charge in [-0.2, -0.15) is 11.8 Å². The first-order valence-electron chi connectivity index (χ1n) is 6.99. The highest BCUT2D eigenvalue weighted by molar-refractivity contribution is 7.99. The van der Waals surface area contributed by atoms with Crippen molar-refractivity contribution >= 4 is 34.4 Å². The highest BCUT2D eigenvalue weighted by Gasteiger charge is 2.24. The maximum atomic E-state index is 6.37.